The number of pyridine rings is 2. The maximum Gasteiger partial charge on any atom is 0.214 e. The molecule has 1 aromatic carbocycles. The van der Waals surface area contributed by atoms with Crippen molar-refractivity contribution in [1.82, 2.24) is 9.97 Å². The van der Waals surface area contributed by atoms with Gasteiger partial charge in [-0.15, -0.1) is 0 Å². The fourth-order valence-electron chi connectivity index (χ4n) is 2.16. The molecule has 3 nitrogen and oxygen atoms in total. The highest BCUT2D eigenvalue weighted by Gasteiger charge is 2.15. The monoisotopic (exact) mass is 279 g/mol. The van der Waals surface area contributed by atoms with Crippen LogP contribution in [0.5, 0.6) is 0 Å². The van der Waals surface area contributed by atoms with Crippen LogP contribution in [0.15, 0.2) is 72.9 Å². The van der Waals surface area contributed by atoms with Crippen LogP contribution in [0.1, 0.15) is 17.3 Å². The van der Waals surface area contributed by atoms with Gasteiger partial charge in [0.15, 0.2) is 0 Å². The molecule has 0 spiro atoms. The summed E-state index contributed by atoms with van der Waals surface area (Å²) in [4.78, 5) is 8.25. The highest BCUT2D eigenvalue weighted by molar-refractivity contribution is 5.42. The summed E-state index contributed by atoms with van der Waals surface area (Å²) in [6.07, 6.45) is 1.74. The summed E-state index contributed by atoms with van der Waals surface area (Å²) < 4.78 is 13.3. The van der Waals surface area contributed by atoms with Gasteiger partial charge in [-0.25, -0.2) is 4.98 Å². The molecular formula is C17H14FN3. The zero-order valence-electron chi connectivity index (χ0n) is 11.3. The summed E-state index contributed by atoms with van der Waals surface area (Å²) in [5.41, 5.74) is 1.90. The lowest BCUT2D eigenvalue weighted by atomic mass is 10.0. The summed E-state index contributed by atoms with van der Waals surface area (Å²) in [7, 11) is 0. The predicted molar refractivity (Wildman–Crippen MR) is 80.3 cm³/mol. The average Bonchev–Trinajstić information content (AvgIpc) is 2.54. The van der Waals surface area contributed by atoms with E-state index >= 15 is 0 Å². The van der Waals surface area contributed by atoms with E-state index in [4.69, 9.17) is 0 Å². The molecule has 1 atom stereocenters. The van der Waals surface area contributed by atoms with Crippen molar-refractivity contribution < 1.29 is 4.39 Å². The minimum atomic E-state index is -0.507. The van der Waals surface area contributed by atoms with E-state index in [0.717, 1.165) is 11.3 Å². The third-order valence-electron chi connectivity index (χ3n) is 3.12. The maximum atomic E-state index is 13.3. The maximum absolute atomic E-state index is 13.3. The number of benzene rings is 1. The van der Waals surface area contributed by atoms with Crippen LogP contribution < -0.4 is 5.32 Å². The molecule has 0 aliphatic rings. The van der Waals surface area contributed by atoms with E-state index in [1.165, 1.54) is 6.07 Å². The fraction of sp³-hybridized carbons (Fsp3) is 0.0588. The Labute approximate surface area is 122 Å². The number of hydrogen-bond donors (Lipinski definition) is 1. The molecule has 104 valence electrons. The molecule has 0 bridgehead atoms. The lowest BCUT2D eigenvalue weighted by Gasteiger charge is -2.19. The summed E-state index contributed by atoms with van der Waals surface area (Å²) in [6, 6.07) is 20.1. The molecule has 21 heavy (non-hydrogen) atoms. The lowest BCUT2D eigenvalue weighted by molar-refractivity contribution is 0.584. The van der Waals surface area contributed by atoms with E-state index in [2.05, 4.69) is 15.3 Å². The van der Waals surface area contributed by atoms with Gasteiger partial charge in [-0.05, 0) is 29.8 Å². The van der Waals surface area contributed by atoms with E-state index in [1.54, 1.807) is 18.3 Å². The molecule has 1 N–H and O–H groups in total. The van der Waals surface area contributed by atoms with Gasteiger partial charge in [0.05, 0.1) is 11.7 Å². The van der Waals surface area contributed by atoms with Crippen LogP contribution in [0.4, 0.5) is 10.2 Å². The van der Waals surface area contributed by atoms with Gasteiger partial charge in [0.25, 0.3) is 0 Å². The number of anilines is 1. The van der Waals surface area contributed by atoms with Crippen LogP contribution >= 0.6 is 0 Å². The quantitative estimate of drug-likeness (QED) is 0.738. The van der Waals surface area contributed by atoms with E-state index in [-0.39, 0.29) is 6.04 Å². The lowest BCUT2D eigenvalue weighted by Crippen LogP contribution is -2.14. The number of aromatic nitrogens is 2. The molecule has 2 heterocycles. The van der Waals surface area contributed by atoms with Crippen LogP contribution in [0.2, 0.25) is 0 Å². The van der Waals surface area contributed by atoms with E-state index < -0.39 is 5.95 Å². The standard InChI is InChI=1S/C17H14FN3/c18-15-10-6-11-16(20-15)21-17(13-7-2-1-3-8-13)14-9-4-5-12-19-14/h1-12,17H,(H,20,21). The largest absolute Gasteiger partial charge is 0.358 e. The smallest absolute Gasteiger partial charge is 0.214 e. The zero-order valence-corrected chi connectivity index (χ0v) is 11.3. The average molecular weight is 279 g/mol. The summed E-state index contributed by atoms with van der Waals surface area (Å²) >= 11 is 0. The molecule has 3 aromatic rings. The molecule has 0 aliphatic heterocycles. The Kier molecular flexibility index (Phi) is 3.87. The van der Waals surface area contributed by atoms with Crippen molar-refractivity contribution in [3.05, 3.63) is 90.1 Å². The molecule has 3 rings (SSSR count). The van der Waals surface area contributed by atoms with Gasteiger partial charge < -0.3 is 5.32 Å². The summed E-state index contributed by atoms with van der Waals surface area (Å²) in [5.74, 6) is -0.0256. The number of rotatable bonds is 4. The van der Waals surface area contributed by atoms with Gasteiger partial charge >= 0.3 is 0 Å². The normalized spacial score (nSPS) is 11.9. The second-order valence-corrected chi connectivity index (χ2v) is 4.59. The van der Waals surface area contributed by atoms with Gasteiger partial charge in [-0.3, -0.25) is 4.98 Å². The third-order valence-corrected chi connectivity index (χ3v) is 3.12. The van der Waals surface area contributed by atoms with E-state index in [9.17, 15) is 4.39 Å². The minimum Gasteiger partial charge on any atom is -0.358 e. The van der Waals surface area contributed by atoms with Crippen LogP contribution in [0, 0.1) is 5.95 Å². The Balaban J connectivity index is 1.97. The summed E-state index contributed by atoms with van der Waals surface area (Å²) in [5, 5.41) is 3.24. The Bertz CT molecular complexity index is 662. The second kappa shape index (κ2) is 6.13. The molecule has 0 fully saturated rings. The van der Waals surface area contributed by atoms with E-state index in [1.807, 2.05) is 48.5 Å². The van der Waals surface area contributed by atoms with Gasteiger partial charge in [0, 0.05) is 6.20 Å². The number of nitrogens with zero attached hydrogens (tertiary/aromatic N) is 2. The first kappa shape index (κ1) is 13.2. The van der Waals surface area contributed by atoms with Gasteiger partial charge in [0.1, 0.15) is 5.82 Å². The molecule has 0 aliphatic carbocycles. The first-order chi connectivity index (χ1) is 10.3. The molecule has 0 saturated heterocycles. The SMILES string of the molecule is Fc1cccc(NC(c2ccccc2)c2ccccn2)n1. The van der Waals surface area contributed by atoms with Crippen molar-refractivity contribution in [3.63, 3.8) is 0 Å². The highest BCUT2D eigenvalue weighted by atomic mass is 19.1. The third kappa shape index (κ3) is 3.23. The predicted octanol–water partition coefficient (Wildman–Crippen LogP) is 3.82. The topological polar surface area (TPSA) is 37.8 Å². The van der Waals surface area contributed by atoms with Crippen LogP contribution in [-0.4, -0.2) is 9.97 Å². The molecule has 4 heteroatoms. The first-order valence-electron chi connectivity index (χ1n) is 6.68. The molecule has 1 unspecified atom stereocenters. The van der Waals surface area contributed by atoms with Gasteiger partial charge in [-0.2, -0.15) is 4.39 Å². The Morgan fingerprint density at radius 1 is 0.857 bits per heavy atom. The Hall–Kier alpha value is -2.75. The number of hydrogen-bond acceptors (Lipinski definition) is 3. The molecular weight excluding hydrogens is 265 g/mol. The van der Waals surface area contributed by atoms with Crippen molar-refractivity contribution in [2.75, 3.05) is 5.32 Å². The highest BCUT2D eigenvalue weighted by Crippen LogP contribution is 2.24. The van der Waals surface area contributed by atoms with Crippen molar-refractivity contribution in [3.8, 4) is 0 Å². The fourth-order valence-corrected chi connectivity index (χ4v) is 2.16. The number of halogens is 1. The van der Waals surface area contributed by atoms with Gasteiger partial charge in [0.2, 0.25) is 5.95 Å². The van der Waals surface area contributed by atoms with Crippen LogP contribution in [-0.2, 0) is 0 Å². The second-order valence-electron chi connectivity index (χ2n) is 4.59. The van der Waals surface area contributed by atoms with Crippen LogP contribution in [0.25, 0.3) is 0 Å². The summed E-state index contributed by atoms with van der Waals surface area (Å²) in [6.45, 7) is 0. The minimum absolute atomic E-state index is 0.179. The van der Waals surface area contributed by atoms with Crippen molar-refractivity contribution in [1.29, 1.82) is 0 Å². The molecule has 2 aromatic heterocycles. The zero-order chi connectivity index (χ0) is 14.5. The van der Waals surface area contributed by atoms with Crippen molar-refractivity contribution in [2.24, 2.45) is 0 Å². The van der Waals surface area contributed by atoms with Crippen molar-refractivity contribution >= 4 is 5.82 Å². The van der Waals surface area contributed by atoms with Crippen molar-refractivity contribution in [2.45, 2.75) is 6.04 Å². The van der Waals surface area contributed by atoms with Gasteiger partial charge in [-0.1, -0.05) is 42.5 Å². The Morgan fingerprint density at radius 2 is 1.67 bits per heavy atom. The van der Waals surface area contributed by atoms with E-state index in [0.29, 0.717) is 5.82 Å². The molecule has 0 amide bonds. The Morgan fingerprint density at radius 3 is 2.38 bits per heavy atom. The molecule has 0 saturated carbocycles. The van der Waals surface area contributed by atoms with Crippen LogP contribution in [0.3, 0.4) is 0 Å². The first-order valence-corrected chi connectivity index (χ1v) is 6.68. The number of nitrogens with one attached hydrogen (secondary N) is 1. The molecule has 0 radical (unpaired) electrons.